The lowest BCUT2D eigenvalue weighted by Crippen LogP contribution is -2.31. The molecule has 1 amide bonds. The van der Waals surface area contributed by atoms with E-state index in [1.165, 1.54) is 40.9 Å². The molecule has 1 aliphatic heterocycles. The predicted octanol–water partition coefficient (Wildman–Crippen LogP) is 6.82. The molecule has 33 heavy (non-hydrogen) atoms. The van der Waals surface area contributed by atoms with Gasteiger partial charge in [-0.05, 0) is 59.5 Å². The van der Waals surface area contributed by atoms with Gasteiger partial charge in [0, 0.05) is 0 Å². The molecule has 3 aromatic rings. The molecule has 0 spiro atoms. The zero-order chi connectivity index (χ0) is 23.5. The first kappa shape index (κ1) is 24.0. The number of nitrogens with zero attached hydrogens (tertiary/aromatic N) is 1. The normalized spacial score (nSPS) is 15.9. The van der Waals surface area contributed by atoms with Crippen LogP contribution in [0.5, 0.6) is 5.75 Å². The van der Waals surface area contributed by atoms with Crippen LogP contribution in [0.25, 0.3) is 0 Å². The van der Waals surface area contributed by atoms with E-state index in [-0.39, 0.29) is 24.1 Å². The summed E-state index contributed by atoms with van der Waals surface area (Å²) in [4.78, 5) is 14.5. The molecule has 0 aromatic heterocycles. The standard InChI is InChI=1S/C24H17Cl2F2NO2S2/c25-19-9-16(10-20(26)22(19)31-13-15-3-7-18(28)8-4-15)11-21-23(30)29(24(32)33-21)12-14-1-5-17(27)6-2-14/h1-10,21H,11-13H2/t21-/m0/s1. The average molecular weight is 524 g/mol. The Labute approximate surface area is 209 Å². The van der Waals surface area contributed by atoms with Crippen LogP contribution >= 0.6 is 47.2 Å². The van der Waals surface area contributed by atoms with Gasteiger partial charge in [0.25, 0.3) is 0 Å². The molecule has 0 bridgehead atoms. The van der Waals surface area contributed by atoms with Gasteiger partial charge in [-0.1, -0.05) is 71.4 Å². The third kappa shape index (κ3) is 5.84. The lowest BCUT2D eigenvalue weighted by atomic mass is 10.1. The van der Waals surface area contributed by atoms with E-state index in [4.69, 9.17) is 40.2 Å². The van der Waals surface area contributed by atoms with Crippen molar-refractivity contribution in [3.8, 4) is 5.75 Å². The number of hydrogen-bond donors (Lipinski definition) is 0. The highest BCUT2D eigenvalue weighted by atomic mass is 35.5. The van der Waals surface area contributed by atoms with Crippen LogP contribution in [0.15, 0.2) is 60.7 Å². The first-order chi connectivity index (χ1) is 15.8. The van der Waals surface area contributed by atoms with Crippen LogP contribution < -0.4 is 4.74 Å². The molecule has 1 aliphatic rings. The zero-order valence-electron chi connectivity index (χ0n) is 17.1. The minimum absolute atomic E-state index is 0.113. The number of amides is 1. The molecule has 1 atom stereocenters. The fourth-order valence-corrected chi connectivity index (χ4v) is 5.54. The van der Waals surface area contributed by atoms with E-state index < -0.39 is 5.25 Å². The second-order valence-corrected chi connectivity index (χ2v) is 10.1. The Morgan fingerprint density at radius 1 is 0.909 bits per heavy atom. The Morgan fingerprint density at radius 3 is 2.03 bits per heavy atom. The summed E-state index contributed by atoms with van der Waals surface area (Å²) in [5, 5.41) is 0.234. The zero-order valence-corrected chi connectivity index (χ0v) is 20.2. The van der Waals surface area contributed by atoms with Gasteiger partial charge >= 0.3 is 0 Å². The molecule has 1 fully saturated rings. The molecule has 9 heteroatoms. The van der Waals surface area contributed by atoms with Gasteiger partial charge in [0.1, 0.15) is 22.6 Å². The third-order valence-corrected chi connectivity index (χ3v) is 7.18. The largest absolute Gasteiger partial charge is 0.486 e. The Hall–Kier alpha value is -2.19. The molecule has 1 heterocycles. The van der Waals surface area contributed by atoms with Gasteiger partial charge in [-0.25, -0.2) is 8.78 Å². The fourth-order valence-electron chi connectivity index (χ4n) is 3.36. The maximum Gasteiger partial charge on any atom is 0.242 e. The first-order valence-electron chi connectivity index (χ1n) is 9.92. The summed E-state index contributed by atoms with van der Waals surface area (Å²) in [6, 6.07) is 15.3. The molecule has 1 saturated heterocycles. The van der Waals surface area contributed by atoms with Crippen LogP contribution in [-0.2, 0) is 24.4 Å². The second-order valence-electron chi connectivity index (χ2n) is 7.43. The van der Waals surface area contributed by atoms with Crippen LogP contribution in [0.1, 0.15) is 16.7 Å². The Balaban J connectivity index is 1.42. The van der Waals surface area contributed by atoms with Crippen molar-refractivity contribution in [3.05, 3.63) is 99.0 Å². The smallest absolute Gasteiger partial charge is 0.242 e. The van der Waals surface area contributed by atoms with Crippen molar-refractivity contribution in [2.24, 2.45) is 0 Å². The second kappa shape index (κ2) is 10.4. The summed E-state index contributed by atoms with van der Waals surface area (Å²) in [6.45, 7) is 0.474. The minimum Gasteiger partial charge on any atom is -0.486 e. The van der Waals surface area contributed by atoms with Crippen molar-refractivity contribution in [1.82, 2.24) is 4.90 Å². The topological polar surface area (TPSA) is 29.5 Å². The van der Waals surface area contributed by atoms with Gasteiger partial charge in [0.2, 0.25) is 5.91 Å². The highest BCUT2D eigenvalue weighted by Crippen LogP contribution is 2.37. The van der Waals surface area contributed by atoms with E-state index in [1.807, 2.05) is 0 Å². The summed E-state index contributed by atoms with van der Waals surface area (Å²) in [7, 11) is 0. The Morgan fingerprint density at radius 2 is 1.45 bits per heavy atom. The van der Waals surface area contributed by atoms with Crippen molar-refractivity contribution in [2.75, 3.05) is 0 Å². The van der Waals surface area contributed by atoms with Crippen molar-refractivity contribution in [2.45, 2.75) is 24.8 Å². The number of benzene rings is 3. The number of hydrogen-bond acceptors (Lipinski definition) is 4. The van der Waals surface area contributed by atoms with Crippen LogP contribution in [0.4, 0.5) is 8.78 Å². The number of halogens is 4. The molecule has 170 valence electrons. The maximum atomic E-state index is 13.1. The monoisotopic (exact) mass is 523 g/mol. The summed E-state index contributed by atoms with van der Waals surface area (Å²) in [5.74, 6) is -0.446. The SMILES string of the molecule is O=C1[C@H](Cc2cc(Cl)c(OCc3ccc(F)cc3)c(Cl)c2)SC(=S)N1Cc1ccc(F)cc1. The van der Waals surface area contributed by atoms with Crippen LogP contribution in [0, 0.1) is 11.6 Å². The number of thioether (sulfide) groups is 1. The molecule has 0 saturated carbocycles. The van der Waals surface area contributed by atoms with Crippen LogP contribution in [0.2, 0.25) is 10.0 Å². The number of rotatable bonds is 7. The third-order valence-electron chi connectivity index (χ3n) is 5.03. The maximum absolute atomic E-state index is 13.1. The average Bonchev–Trinajstić information content (AvgIpc) is 3.03. The van der Waals surface area contributed by atoms with E-state index in [0.717, 1.165) is 16.7 Å². The molecule has 0 N–H and O–H groups in total. The Bertz CT molecular complexity index is 1170. The molecule has 0 unspecified atom stereocenters. The highest BCUT2D eigenvalue weighted by molar-refractivity contribution is 8.24. The number of carbonyl (C=O) groups excluding carboxylic acids is 1. The molecule has 0 radical (unpaired) electrons. The molecule has 3 nitrogen and oxygen atoms in total. The van der Waals surface area contributed by atoms with E-state index in [2.05, 4.69) is 0 Å². The van der Waals surface area contributed by atoms with Gasteiger partial charge in [0.15, 0.2) is 5.75 Å². The Kier molecular flexibility index (Phi) is 7.54. The summed E-state index contributed by atoms with van der Waals surface area (Å²) >= 11 is 19.5. The quantitative estimate of drug-likeness (QED) is 0.317. The van der Waals surface area contributed by atoms with E-state index in [9.17, 15) is 13.6 Å². The van der Waals surface area contributed by atoms with Crippen molar-refractivity contribution in [3.63, 3.8) is 0 Å². The van der Waals surface area contributed by atoms with Crippen molar-refractivity contribution >= 4 is 57.4 Å². The number of thiocarbonyl (C=S) groups is 1. The van der Waals surface area contributed by atoms with Gasteiger partial charge in [-0.3, -0.25) is 9.69 Å². The van der Waals surface area contributed by atoms with Gasteiger partial charge < -0.3 is 4.74 Å². The molecule has 0 aliphatic carbocycles. The lowest BCUT2D eigenvalue weighted by molar-refractivity contribution is -0.126. The predicted molar refractivity (Wildman–Crippen MR) is 132 cm³/mol. The van der Waals surface area contributed by atoms with Crippen molar-refractivity contribution in [1.29, 1.82) is 0 Å². The van der Waals surface area contributed by atoms with Gasteiger partial charge in [0.05, 0.1) is 21.8 Å². The van der Waals surface area contributed by atoms with Crippen molar-refractivity contribution < 1.29 is 18.3 Å². The van der Waals surface area contributed by atoms with Crippen LogP contribution in [-0.4, -0.2) is 20.4 Å². The molecular weight excluding hydrogens is 507 g/mol. The van der Waals surface area contributed by atoms with E-state index >= 15 is 0 Å². The fraction of sp³-hybridized carbons (Fsp3) is 0.167. The number of carbonyl (C=O) groups is 1. The number of ether oxygens (including phenoxy) is 1. The first-order valence-corrected chi connectivity index (χ1v) is 12.0. The highest BCUT2D eigenvalue weighted by Gasteiger charge is 2.37. The summed E-state index contributed by atoms with van der Waals surface area (Å²) in [6.07, 6.45) is 0.390. The van der Waals surface area contributed by atoms with E-state index in [1.54, 1.807) is 36.4 Å². The van der Waals surface area contributed by atoms with Crippen LogP contribution in [0.3, 0.4) is 0 Å². The summed E-state index contributed by atoms with van der Waals surface area (Å²) < 4.78 is 32.4. The van der Waals surface area contributed by atoms with E-state index in [0.29, 0.717) is 33.1 Å². The van der Waals surface area contributed by atoms with Gasteiger partial charge in [-0.2, -0.15) is 0 Å². The molecular formula is C24H17Cl2F2NO2S2. The minimum atomic E-state index is -0.406. The lowest BCUT2D eigenvalue weighted by Gasteiger charge is -2.16. The molecule has 3 aromatic carbocycles. The van der Waals surface area contributed by atoms with Gasteiger partial charge in [-0.15, -0.1) is 0 Å². The summed E-state index contributed by atoms with van der Waals surface area (Å²) in [5.41, 5.74) is 2.34. The molecule has 4 rings (SSSR count).